The Morgan fingerprint density at radius 2 is 2.15 bits per heavy atom. The molecule has 0 aromatic carbocycles. The molecule has 0 amide bonds. The van der Waals surface area contributed by atoms with Crippen LogP contribution in [0.2, 0.25) is 0 Å². The predicted octanol–water partition coefficient (Wildman–Crippen LogP) is 3.15. The van der Waals surface area contributed by atoms with E-state index in [1.54, 1.807) is 0 Å². The highest BCUT2D eigenvalue weighted by Crippen LogP contribution is 2.40. The van der Waals surface area contributed by atoms with Gasteiger partial charge in [-0.15, -0.1) is 0 Å². The zero-order valence-corrected chi connectivity index (χ0v) is 13.1. The van der Waals surface area contributed by atoms with Crippen molar-refractivity contribution in [3.8, 4) is 0 Å². The van der Waals surface area contributed by atoms with Crippen LogP contribution in [0.1, 0.15) is 58.2 Å². The van der Waals surface area contributed by atoms with Gasteiger partial charge in [-0.05, 0) is 51.1 Å². The summed E-state index contributed by atoms with van der Waals surface area (Å²) in [7, 11) is 0. The molecule has 114 valence electrons. The SMILES string of the molecule is CCCNC(c1ccnn1CCC)C(OCC)C1CC1. The van der Waals surface area contributed by atoms with E-state index in [0.29, 0.717) is 12.0 Å². The fourth-order valence-electron chi connectivity index (χ4n) is 2.82. The molecule has 1 N–H and O–H groups in total. The van der Waals surface area contributed by atoms with Crippen LogP contribution in [0.4, 0.5) is 0 Å². The Morgan fingerprint density at radius 1 is 1.35 bits per heavy atom. The van der Waals surface area contributed by atoms with Crippen molar-refractivity contribution in [1.29, 1.82) is 0 Å². The average molecular weight is 279 g/mol. The van der Waals surface area contributed by atoms with Gasteiger partial charge in [0.2, 0.25) is 0 Å². The lowest BCUT2D eigenvalue weighted by Gasteiger charge is -2.28. The second kappa shape index (κ2) is 7.79. The van der Waals surface area contributed by atoms with Gasteiger partial charge in [0.05, 0.1) is 17.8 Å². The Bertz CT molecular complexity index is 387. The van der Waals surface area contributed by atoms with E-state index in [1.165, 1.54) is 18.5 Å². The van der Waals surface area contributed by atoms with Crippen LogP contribution in [0, 0.1) is 5.92 Å². The molecule has 2 rings (SSSR count). The molecule has 1 heterocycles. The van der Waals surface area contributed by atoms with E-state index in [4.69, 9.17) is 4.74 Å². The molecule has 0 aliphatic heterocycles. The normalized spacial score (nSPS) is 18.1. The van der Waals surface area contributed by atoms with Crippen molar-refractivity contribution >= 4 is 0 Å². The maximum Gasteiger partial charge on any atom is 0.0812 e. The second-order valence-electron chi connectivity index (χ2n) is 5.67. The lowest BCUT2D eigenvalue weighted by Crippen LogP contribution is -2.37. The Hall–Kier alpha value is -0.870. The number of aryl methyl sites for hydroxylation is 1. The predicted molar refractivity (Wildman–Crippen MR) is 81.7 cm³/mol. The van der Waals surface area contributed by atoms with Crippen LogP contribution in [0.3, 0.4) is 0 Å². The van der Waals surface area contributed by atoms with Crippen LogP contribution >= 0.6 is 0 Å². The first kappa shape index (κ1) is 15.5. The topological polar surface area (TPSA) is 39.1 Å². The van der Waals surface area contributed by atoms with Crippen molar-refractivity contribution in [1.82, 2.24) is 15.1 Å². The lowest BCUT2D eigenvalue weighted by atomic mass is 10.0. The molecular weight excluding hydrogens is 250 g/mol. The van der Waals surface area contributed by atoms with Gasteiger partial charge in [0, 0.05) is 19.3 Å². The number of nitrogens with one attached hydrogen (secondary N) is 1. The molecule has 1 saturated carbocycles. The Labute approximate surface area is 122 Å². The van der Waals surface area contributed by atoms with Crippen LogP contribution in [0.5, 0.6) is 0 Å². The summed E-state index contributed by atoms with van der Waals surface area (Å²) in [6.07, 6.45) is 7.06. The number of hydrogen-bond donors (Lipinski definition) is 1. The second-order valence-corrected chi connectivity index (χ2v) is 5.67. The first-order chi connectivity index (χ1) is 9.81. The number of hydrogen-bond acceptors (Lipinski definition) is 3. The summed E-state index contributed by atoms with van der Waals surface area (Å²) in [4.78, 5) is 0. The third kappa shape index (κ3) is 3.83. The van der Waals surface area contributed by atoms with Gasteiger partial charge in [-0.25, -0.2) is 0 Å². The van der Waals surface area contributed by atoms with Gasteiger partial charge >= 0.3 is 0 Å². The third-order valence-electron chi connectivity index (χ3n) is 3.89. The van der Waals surface area contributed by atoms with Gasteiger partial charge in [0.25, 0.3) is 0 Å². The maximum absolute atomic E-state index is 6.08. The number of aromatic nitrogens is 2. The average Bonchev–Trinajstić information content (AvgIpc) is 3.19. The fourth-order valence-corrected chi connectivity index (χ4v) is 2.82. The molecule has 2 atom stereocenters. The van der Waals surface area contributed by atoms with Gasteiger partial charge in [-0.3, -0.25) is 4.68 Å². The molecule has 4 nitrogen and oxygen atoms in total. The molecule has 0 radical (unpaired) electrons. The maximum atomic E-state index is 6.08. The smallest absolute Gasteiger partial charge is 0.0812 e. The highest BCUT2D eigenvalue weighted by Gasteiger charge is 2.38. The first-order valence-corrected chi connectivity index (χ1v) is 8.18. The van der Waals surface area contributed by atoms with Crippen molar-refractivity contribution in [3.63, 3.8) is 0 Å². The molecular formula is C16H29N3O. The van der Waals surface area contributed by atoms with E-state index in [0.717, 1.165) is 32.5 Å². The van der Waals surface area contributed by atoms with Crippen molar-refractivity contribution in [2.45, 2.75) is 65.1 Å². The molecule has 20 heavy (non-hydrogen) atoms. The molecule has 2 unspecified atom stereocenters. The minimum absolute atomic E-state index is 0.274. The summed E-state index contributed by atoms with van der Waals surface area (Å²) in [5.41, 5.74) is 1.28. The van der Waals surface area contributed by atoms with E-state index in [-0.39, 0.29) is 6.04 Å². The molecule has 4 heteroatoms. The standard InChI is InChI=1S/C16H29N3O/c1-4-10-17-15(16(20-6-3)13-7-8-13)14-9-11-18-19(14)12-5-2/h9,11,13,15-17H,4-8,10,12H2,1-3H3. The molecule has 1 aromatic heterocycles. The van der Waals surface area contributed by atoms with Crippen molar-refractivity contribution in [3.05, 3.63) is 18.0 Å². The van der Waals surface area contributed by atoms with Gasteiger partial charge in [0.15, 0.2) is 0 Å². The van der Waals surface area contributed by atoms with Crippen LogP contribution in [-0.4, -0.2) is 29.0 Å². The van der Waals surface area contributed by atoms with Gasteiger partial charge < -0.3 is 10.1 Å². The molecule has 1 aliphatic rings. The van der Waals surface area contributed by atoms with Crippen LogP contribution in [0.15, 0.2) is 12.3 Å². The molecule has 0 bridgehead atoms. The van der Waals surface area contributed by atoms with E-state index >= 15 is 0 Å². The van der Waals surface area contributed by atoms with Crippen molar-refractivity contribution in [2.75, 3.05) is 13.2 Å². The Balaban J connectivity index is 2.17. The quantitative estimate of drug-likeness (QED) is 0.715. The third-order valence-corrected chi connectivity index (χ3v) is 3.89. The number of rotatable bonds is 10. The monoisotopic (exact) mass is 279 g/mol. The summed E-state index contributed by atoms with van der Waals surface area (Å²) in [5, 5.41) is 8.17. The summed E-state index contributed by atoms with van der Waals surface area (Å²) in [5.74, 6) is 0.717. The van der Waals surface area contributed by atoms with Gasteiger partial charge in [-0.1, -0.05) is 13.8 Å². The summed E-state index contributed by atoms with van der Waals surface area (Å²) in [6, 6.07) is 2.42. The Morgan fingerprint density at radius 3 is 2.75 bits per heavy atom. The van der Waals surface area contributed by atoms with Crippen LogP contribution in [-0.2, 0) is 11.3 Å². The minimum Gasteiger partial charge on any atom is -0.376 e. The van der Waals surface area contributed by atoms with E-state index < -0.39 is 0 Å². The largest absolute Gasteiger partial charge is 0.376 e. The summed E-state index contributed by atoms with van der Waals surface area (Å²) < 4.78 is 8.22. The molecule has 1 fully saturated rings. The minimum atomic E-state index is 0.274. The van der Waals surface area contributed by atoms with E-state index in [2.05, 4.69) is 41.9 Å². The van der Waals surface area contributed by atoms with Crippen molar-refractivity contribution in [2.24, 2.45) is 5.92 Å². The molecule has 1 aliphatic carbocycles. The van der Waals surface area contributed by atoms with Crippen molar-refractivity contribution < 1.29 is 4.74 Å². The molecule has 1 aromatic rings. The number of ether oxygens (including phenoxy) is 1. The first-order valence-electron chi connectivity index (χ1n) is 8.18. The lowest BCUT2D eigenvalue weighted by molar-refractivity contribution is 0.0163. The van der Waals surface area contributed by atoms with Crippen LogP contribution < -0.4 is 5.32 Å². The number of nitrogens with zero attached hydrogens (tertiary/aromatic N) is 2. The Kier molecular flexibility index (Phi) is 6.05. The van der Waals surface area contributed by atoms with Gasteiger partial charge in [0.1, 0.15) is 0 Å². The molecule has 0 saturated heterocycles. The summed E-state index contributed by atoms with van der Waals surface area (Å²) >= 11 is 0. The molecule has 0 spiro atoms. The van der Waals surface area contributed by atoms with Crippen LogP contribution in [0.25, 0.3) is 0 Å². The highest BCUT2D eigenvalue weighted by molar-refractivity contribution is 5.11. The zero-order chi connectivity index (χ0) is 14.4. The highest BCUT2D eigenvalue weighted by atomic mass is 16.5. The fraction of sp³-hybridized carbons (Fsp3) is 0.812. The summed E-state index contributed by atoms with van der Waals surface area (Å²) in [6.45, 7) is 9.29. The van der Waals surface area contributed by atoms with E-state index in [1.807, 2.05) is 6.20 Å². The van der Waals surface area contributed by atoms with E-state index in [9.17, 15) is 0 Å². The van der Waals surface area contributed by atoms with Gasteiger partial charge in [-0.2, -0.15) is 5.10 Å². The zero-order valence-electron chi connectivity index (χ0n) is 13.1.